The monoisotopic (exact) mass is 317 g/mol. The van der Waals surface area contributed by atoms with Crippen molar-refractivity contribution in [1.82, 2.24) is 4.90 Å². The summed E-state index contributed by atoms with van der Waals surface area (Å²) in [7, 11) is 1.67. The smallest absolute Gasteiger partial charge is 0.219 e. The highest BCUT2D eigenvalue weighted by atomic mass is 16.5. The summed E-state index contributed by atoms with van der Waals surface area (Å²) in [5.74, 6) is 0.944. The van der Waals surface area contributed by atoms with Crippen molar-refractivity contribution in [2.75, 3.05) is 51.4 Å². The second-order valence-corrected chi connectivity index (χ2v) is 5.70. The molecular formula is C16H23N5O2. The lowest BCUT2D eigenvalue weighted by molar-refractivity contribution is -0.0660. The molecule has 0 radical (unpaired) electrons. The molecule has 7 heteroatoms. The second-order valence-electron chi connectivity index (χ2n) is 5.70. The molecule has 0 unspecified atom stereocenters. The molecule has 2 saturated heterocycles. The van der Waals surface area contributed by atoms with Crippen molar-refractivity contribution in [3.8, 4) is 5.75 Å². The number of aliphatic imine (C=N–C) groups is 2. The Morgan fingerprint density at radius 1 is 1.30 bits per heavy atom. The normalized spacial score (nSPS) is 20.2. The lowest BCUT2D eigenvalue weighted by Crippen LogP contribution is -2.56. The number of nitrogens with two attached hydrogens (primary N) is 1. The average molecular weight is 317 g/mol. The molecule has 2 fully saturated rings. The van der Waals surface area contributed by atoms with Crippen molar-refractivity contribution in [2.45, 2.75) is 6.04 Å². The number of ether oxygens (including phenoxy) is 2. The lowest BCUT2D eigenvalue weighted by Gasteiger charge is -2.43. The Balaban J connectivity index is 1.71. The van der Waals surface area contributed by atoms with Crippen LogP contribution in [0.1, 0.15) is 0 Å². The van der Waals surface area contributed by atoms with E-state index in [4.69, 9.17) is 15.2 Å². The number of methoxy groups -OCH3 is 1. The molecule has 0 saturated carbocycles. The number of piperazine rings is 1. The van der Waals surface area contributed by atoms with Crippen LogP contribution < -0.4 is 15.4 Å². The largest absolute Gasteiger partial charge is 0.495 e. The van der Waals surface area contributed by atoms with E-state index in [0.717, 1.165) is 50.8 Å². The Hall–Kier alpha value is -2.12. The minimum absolute atomic E-state index is 0.149. The van der Waals surface area contributed by atoms with Crippen LogP contribution in [0.3, 0.4) is 0 Å². The van der Waals surface area contributed by atoms with E-state index in [1.807, 2.05) is 18.2 Å². The van der Waals surface area contributed by atoms with Crippen LogP contribution in [-0.4, -0.2) is 70.1 Å². The number of anilines is 1. The summed E-state index contributed by atoms with van der Waals surface area (Å²) < 4.78 is 10.8. The number of guanidine groups is 1. The molecule has 2 N–H and O–H groups in total. The predicted molar refractivity (Wildman–Crippen MR) is 92.2 cm³/mol. The first-order chi connectivity index (χ1) is 11.2. The van der Waals surface area contributed by atoms with E-state index >= 15 is 0 Å². The van der Waals surface area contributed by atoms with Gasteiger partial charge < -0.3 is 20.1 Å². The van der Waals surface area contributed by atoms with Crippen molar-refractivity contribution in [2.24, 2.45) is 15.7 Å². The van der Waals surface area contributed by atoms with Gasteiger partial charge in [0.05, 0.1) is 37.7 Å². The van der Waals surface area contributed by atoms with Gasteiger partial charge in [-0.1, -0.05) is 0 Å². The summed E-state index contributed by atoms with van der Waals surface area (Å²) in [5, 5.41) is 0. The van der Waals surface area contributed by atoms with Crippen LogP contribution in [0.15, 0.2) is 28.2 Å². The number of rotatable bonds is 4. The zero-order chi connectivity index (χ0) is 16.2. The van der Waals surface area contributed by atoms with Crippen molar-refractivity contribution in [3.63, 3.8) is 0 Å². The third-order valence-electron chi connectivity index (χ3n) is 4.36. The van der Waals surface area contributed by atoms with Crippen LogP contribution >= 0.6 is 0 Å². The van der Waals surface area contributed by atoms with Crippen LogP contribution in [-0.2, 0) is 4.74 Å². The van der Waals surface area contributed by atoms with Gasteiger partial charge in [0.2, 0.25) is 5.96 Å². The van der Waals surface area contributed by atoms with Crippen molar-refractivity contribution >= 4 is 24.1 Å². The molecule has 1 aromatic rings. The fourth-order valence-electron chi connectivity index (χ4n) is 2.93. The van der Waals surface area contributed by atoms with Gasteiger partial charge >= 0.3 is 0 Å². The van der Waals surface area contributed by atoms with Crippen LogP contribution in [0, 0.1) is 0 Å². The van der Waals surface area contributed by atoms with E-state index in [9.17, 15) is 0 Å². The van der Waals surface area contributed by atoms with Crippen LogP contribution in [0.4, 0.5) is 11.4 Å². The quantitative estimate of drug-likeness (QED) is 0.658. The average Bonchev–Trinajstić information content (AvgIpc) is 2.54. The Morgan fingerprint density at radius 3 is 2.61 bits per heavy atom. The Morgan fingerprint density at radius 2 is 2.04 bits per heavy atom. The number of hydrogen-bond donors (Lipinski definition) is 1. The zero-order valence-corrected chi connectivity index (χ0v) is 13.4. The standard InChI is InChI=1S/C16H23N5O2/c1-18-16(17)19-12-3-4-14(15(9-12)22-2)21-7-5-20(6-8-21)13-10-23-11-13/h3-4,9,13H,1,5-8,10-11H2,2H3,(H2,17,19). The second kappa shape index (κ2) is 6.97. The van der Waals surface area contributed by atoms with Crippen molar-refractivity contribution < 1.29 is 9.47 Å². The van der Waals surface area contributed by atoms with E-state index in [2.05, 4.69) is 26.5 Å². The zero-order valence-electron chi connectivity index (χ0n) is 13.4. The predicted octanol–water partition coefficient (Wildman–Crippen LogP) is 0.863. The lowest BCUT2D eigenvalue weighted by atomic mass is 10.1. The summed E-state index contributed by atoms with van der Waals surface area (Å²) in [6.45, 7) is 9.15. The fourth-order valence-corrected chi connectivity index (χ4v) is 2.93. The fraction of sp³-hybridized carbons (Fsp3) is 0.500. The van der Waals surface area contributed by atoms with Gasteiger partial charge in [-0.3, -0.25) is 4.90 Å². The molecule has 2 heterocycles. The maximum atomic E-state index is 5.59. The van der Waals surface area contributed by atoms with Gasteiger partial charge in [0.15, 0.2) is 0 Å². The minimum Gasteiger partial charge on any atom is -0.495 e. The Bertz CT molecular complexity index is 592. The van der Waals surface area contributed by atoms with Gasteiger partial charge in [-0.05, 0) is 18.9 Å². The van der Waals surface area contributed by atoms with Crippen LogP contribution in [0.5, 0.6) is 5.75 Å². The molecule has 124 valence electrons. The first-order valence-electron chi connectivity index (χ1n) is 7.77. The summed E-state index contributed by atoms with van der Waals surface area (Å²) >= 11 is 0. The molecule has 1 aromatic carbocycles. The summed E-state index contributed by atoms with van der Waals surface area (Å²) in [5.41, 5.74) is 7.39. The molecule has 0 bridgehead atoms. The van der Waals surface area contributed by atoms with Crippen LogP contribution in [0.25, 0.3) is 0 Å². The Labute approximate surface area is 136 Å². The van der Waals surface area contributed by atoms with Gasteiger partial charge in [-0.2, -0.15) is 0 Å². The highest BCUT2D eigenvalue weighted by Gasteiger charge is 2.29. The summed E-state index contributed by atoms with van der Waals surface area (Å²) in [6.07, 6.45) is 0. The van der Waals surface area contributed by atoms with E-state index in [-0.39, 0.29) is 5.96 Å². The van der Waals surface area contributed by atoms with E-state index in [0.29, 0.717) is 11.7 Å². The van der Waals surface area contributed by atoms with Gasteiger partial charge in [0.25, 0.3) is 0 Å². The topological polar surface area (TPSA) is 75.7 Å². The molecule has 2 aliphatic heterocycles. The van der Waals surface area contributed by atoms with Crippen LogP contribution in [0.2, 0.25) is 0 Å². The van der Waals surface area contributed by atoms with Gasteiger partial charge in [-0.25, -0.2) is 9.98 Å². The molecule has 23 heavy (non-hydrogen) atoms. The van der Waals surface area contributed by atoms with E-state index < -0.39 is 0 Å². The molecule has 7 nitrogen and oxygen atoms in total. The SMILES string of the molecule is C=NC(N)=Nc1ccc(N2CCN(C3COC3)CC2)c(OC)c1. The first kappa shape index (κ1) is 15.8. The number of nitrogens with zero attached hydrogens (tertiary/aromatic N) is 4. The Kier molecular flexibility index (Phi) is 4.78. The molecular weight excluding hydrogens is 294 g/mol. The van der Waals surface area contributed by atoms with E-state index in [1.54, 1.807) is 7.11 Å². The highest BCUT2D eigenvalue weighted by molar-refractivity contribution is 5.85. The third-order valence-corrected chi connectivity index (χ3v) is 4.36. The maximum absolute atomic E-state index is 5.59. The molecule has 0 spiro atoms. The number of hydrogen-bond acceptors (Lipinski definition) is 5. The number of benzene rings is 1. The van der Waals surface area contributed by atoms with Gasteiger partial charge in [0.1, 0.15) is 5.75 Å². The molecule has 3 rings (SSSR count). The molecule has 0 aliphatic carbocycles. The summed E-state index contributed by atoms with van der Waals surface area (Å²) in [4.78, 5) is 12.6. The highest BCUT2D eigenvalue weighted by Crippen LogP contribution is 2.33. The first-order valence-corrected chi connectivity index (χ1v) is 7.77. The third kappa shape index (κ3) is 3.46. The molecule has 0 aromatic heterocycles. The van der Waals surface area contributed by atoms with Crippen molar-refractivity contribution in [1.29, 1.82) is 0 Å². The minimum atomic E-state index is 0.149. The molecule has 0 atom stereocenters. The van der Waals surface area contributed by atoms with Gasteiger partial charge in [0, 0.05) is 32.2 Å². The maximum Gasteiger partial charge on any atom is 0.219 e. The van der Waals surface area contributed by atoms with Crippen molar-refractivity contribution in [3.05, 3.63) is 18.2 Å². The summed E-state index contributed by atoms with van der Waals surface area (Å²) in [6, 6.07) is 6.42. The molecule has 0 amide bonds. The van der Waals surface area contributed by atoms with E-state index in [1.165, 1.54) is 0 Å². The molecule has 2 aliphatic rings. The van der Waals surface area contributed by atoms with Gasteiger partial charge in [-0.15, -0.1) is 0 Å².